The Labute approximate surface area is 163 Å². The second-order valence-corrected chi connectivity index (χ2v) is 6.34. The number of hydrogen-bond acceptors (Lipinski definition) is 4. The van der Waals surface area contributed by atoms with E-state index in [1.807, 2.05) is 6.92 Å². The molecule has 2 amide bonds. The SMILES string of the molecule is COCCCNC(=O)c1ccc(C(=O)Nc2cc(C)c(Cl)cc2OC)cc1. The Balaban J connectivity index is 2.04. The van der Waals surface area contributed by atoms with Crippen molar-refractivity contribution in [3.8, 4) is 5.75 Å². The molecule has 0 aliphatic carbocycles. The van der Waals surface area contributed by atoms with Crippen molar-refractivity contribution in [3.05, 3.63) is 58.1 Å². The Morgan fingerprint density at radius 2 is 1.67 bits per heavy atom. The van der Waals surface area contributed by atoms with E-state index in [4.69, 9.17) is 21.1 Å². The fraction of sp³-hybridized carbons (Fsp3) is 0.300. The Morgan fingerprint density at radius 3 is 2.26 bits per heavy atom. The molecule has 2 aromatic carbocycles. The summed E-state index contributed by atoms with van der Waals surface area (Å²) in [5.74, 6) is -0.0128. The molecule has 6 nitrogen and oxygen atoms in total. The number of ether oxygens (including phenoxy) is 2. The molecule has 0 aliphatic rings. The summed E-state index contributed by atoms with van der Waals surface area (Å²) >= 11 is 6.08. The van der Waals surface area contributed by atoms with Crippen molar-refractivity contribution in [1.82, 2.24) is 5.32 Å². The summed E-state index contributed by atoms with van der Waals surface area (Å²) in [7, 11) is 3.13. The summed E-state index contributed by atoms with van der Waals surface area (Å²) in [4.78, 5) is 24.5. The molecule has 2 aromatic rings. The van der Waals surface area contributed by atoms with E-state index in [9.17, 15) is 9.59 Å². The molecular formula is C20H23ClN2O4. The topological polar surface area (TPSA) is 76.7 Å². The van der Waals surface area contributed by atoms with Crippen LogP contribution in [0.5, 0.6) is 5.75 Å². The highest BCUT2D eigenvalue weighted by Gasteiger charge is 2.13. The van der Waals surface area contributed by atoms with E-state index in [0.29, 0.717) is 40.7 Å². The number of rotatable bonds is 8. The van der Waals surface area contributed by atoms with Crippen LogP contribution in [-0.4, -0.2) is 39.2 Å². The molecular weight excluding hydrogens is 368 g/mol. The molecule has 0 aromatic heterocycles. The Kier molecular flexibility index (Phi) is 7.64. The van der Waals surface area contributed by atoms with Gasteiger partial charge in [0.1, 0.15) is 5.75 Å². The lowest BCUT2D eigenvalue weighted by Crippen LogP contribution is -2.25. The quantitative estimate of drug-likeness (QED) is 0.674. The van der Waals surface area contributed by atoms with Crippen LogP contribution in [0.25, 0.3) is 0 Å². The van der Waals surface area contributed by atoms with E-state index in [2.05, 4.69) is 10.6 Å². The molecule has 2 rings (SSSR count). The van der Waals surface area contributed by atoms with Crippen molar-refractivity contribution in [2.75, 3.05) is 32.7 Å². The van der Waals surface area contributed by atoms with Gasteiger partial charge in [-0.15, -0.1) is 0 Å². The molecule has 0 fully saturated rings. The molecule has 0 unspecified atom stereocenters. The van der Waals surface area contributed by atoms with Crippen molar-refractivity contribution in [2.24, 2.45) is 0 Å². The van der Waals surface area contributed by atoms with E-state index in [1.165, 1.54) is 7.11 Å². The fourth-order valence-electron chi connectivity index (χ4n) is 2.42. The third kappa shape index (κ3) is 5.70. The number of amides is 2. The first-order chi connectivity index (χ1) is 13.0. The number of methoxy groups -OCH3 is 2. The van der Waals surface area contributed by atoms with Gasteiger partial charge in [0, 0.05) is 42.5 Å². The van der Waals surface area contributed by atoms with Gasteiger partial charge in [0.15, 0.2) is 0 Å². The number of aryl methyl sites for hydroxylation is 1. The Hall–Kier alpha value is -2.57. The summed E-state index contributed by atoms with van der Waals surface area (Å²) < 4.78 is 10.2. The van der Waals surface area contributed by atoms with Gasteiger partial charge in [-0.25, -0.2) is 0 Å². The highest BCUT2D eigenvalue weighted by Crippen LogP contribution is 2.31. The Morgan fingerprint density at radius 1 is 1.04 bits per heavy atom. The molecule has 0 heterocycles. The number of hydrogen-bond donors (Lipinski definition) is 2. The molecule has 0 atom stereocenters. The van der Waals surface area contributed by atoms with Crippen molar-refractivity contribution in [3.63, 3.8) is 0 Å². The number of carbonyl (C=O) groups is 2. The standard InChI is InChI=1S/C20H23ClN2O4/c1-13-11-17(18(27-3)12-16(13)21)23-20(25)15-7-5-14(6-8-15)19(24)22-9-4-10-26-2/h5-8,11-12H,4,9-10H2,1-3H3,(H,22,24)(H,23,25). The number of halogens is 1. The lowest BCUT2D eigenvalue weighted by molar-refractivity contribution is 0.0947. The van der Waals surface area contributed by atoms with Gasteiger partial charge < -0.3 is 20.1 Å². The van der Waals surface area contributed by atoms with Crippen molar-refractivity contribution in [2.45, 2.75) is 13.3 Å². The van der Waals surface area contributed by atoms with Crippen LogP contribution in [0.4, 0.5) is 5.69 Å². The first kappa shape index (κ1) is 20.7. The van der Waals surface area contributed by atoms with Crippen LogP contribution in [-0.2, 0) is 4.74 Å². The lowest BCUT2D eigenvalue weighted by Gasteiger charge is -2.12. The third-order valence-corrected chi connectivity index (χ3v) is 4.36. The first-order valence-electron chi connectivity index (χ1n) is 8.49. The van der Waals surface area contributed by atoms with E-state index >= 15 is 0 Å². The highest BCUT2D eigenvalue weighted by atomic mass is 35.5. The number of nitrogens with one attached hydrogen (secondary N) is 2. The van der Waals surface area contributed by atoms with Gasteiger partial charge in [-0.2, -0.15) is 0 Å². The molecule has 0 bridgehead atoms. The molecule has 0 saturated heterocycles. The fourth-order valence-corrected chi connectivity index (χ4v) is 2.57. The molecule has 2 N–H and O–H groups in total. The van der Waals surface area contributed by atoms with Gasteiger partial charge in [-0.05, 0) is 49.2 Å². The van der Waals surface area contributed by atoms with Gasteiger partial charge in [0.25, 0.3) is 11.8 Å². The van der Waals surface area contributed by atoms with Crippen molar-refractivity contribution < 1.29 is 19.1 Å². The molecule has 0 saturated carbocycles. The van der Waals surface area contributed by atoms with E-state index in [0.717, 1.165) is 12.0 Å². The van der Waals surface area contributed by atoms with Crippen LogP contribution in [0.3, 0.4) is 0 Å². The predicted molar refractivity (Wildman–Crippen MR) is 106 cm³/mol. The van der Waals surface area contributed by atoms with Crippen molar-refractivity contribution >= 4 is 29.1 Å². The van der Waals surface area contributed by atoms with Gasteiger partial charge in [0.05, 0.1) is 12.8 Å². The molecule has 0 spiro atoms. The molecule has 7 heteroatoms. The van der Waals surface area contributed by atoms with Gasteiger partial charge in [0.2, 0.25) is 0 Å². The number of anilines is 1. The zero-order valence-electron chi connectivity index (χ0n) is 15.6. The normalized spacial score (nSPS) is 10.4. The number of carbonyl (C=O) groups excluding carboxylic acids is 2. The lowest BCUT2D eigenvalue weighted by atomic mass is 10.1. The van der Waals surface area contributed by atoms with E-state index < -0.39 is 0 Å². The second kappa shape index (κ2) is 9.94. The minimum Gasteiger partial charge on any atom is -0.495 e. The second-order valence-electron chi connectivity index (χ2n) is 5.94. The van der Waals surface area contributed by atoms with Crippen LogP contribution in [0, 0.1) is 6.92 Å². The smallest absolute Gasteiger partial charge is 0.255 e. The molecule has 0 radical (unpaired) electrons. The summed E-state index contributed by atoms with van der Waals surface area (Å²) in [5, 5.41) is 6.17. The molecule has 27 heavy (non-hydrogen) atoms. The molecule has 144 valence electrons. The minimum absolute atomic E-state index is 0.187. The number of benzene rings is 2. The Bertz CT molecular complexity index is 806. The maximum Gasteiger partial charge on any atom is 0.255 e. The van der Waals surface area contributed by atoms with Gasteiger partial charge in [-0.3, -0.25) is 9.59 Å². The van der Waals surface area contributed by atoms with E-state index in [-0.39, 0.29) is 11.8 Å². The van der Waals surface area contributed by atoms with Crippen LogP contribution >= 0.6 is 11.6 Å². The first-order valence-corrected chi connectivity index (χ1v) is 8.86. The van der Waals surface area contributed by atoms with Gasteiger partial charge in [-0.1, -0.05) is 11.6 Å². The van der Waals surface area contributed by atoms with Crippen LogP contribution in [0.1, 0.15) is 32.7 Å². The average Bonchev–Trinajstić information content (AvgIpc) is 2.67. The van der Waals surface area contributed by atoms with Gasteiger partial charge >= 0.3 is 0 Å². The maximum atomic E-state index is 12.5. The summed E-state index contributed by atoms with van der Waals surface area (Å²) in [5.41, 5.74) is 2.28. The van der Waals surface area contributed by atoms with Crippen LogP contribution in [0.2, 0.25) is 5.02 Å². The van der Waals surface area contributed by atoms with Crippen LogP contribution < -0.4 is 15.4 Å². The molecule has 0 aliphatic heterocycles. The zero-order chi connectivity index (χ0) is 19.8. The largest absolute Gasteiger partial charge is 0.495 e. The highest BCUT2D eigenvalue weighted by molar-refractivity contribution is 6.31. The van der Waals surface area contributed by atoms with Crippen LogP contribution in [0.15, 0.2) is 36.4 Å². The zero-order valence-corrected chi connectivity index (χ0v) is 16.4. The maximum absolute atomic E-state index is 12.5. The summed E-state index contributed by atoms with van der Waals surface area (Å²) in [6.07, 6.45) is 0.741. The summed E-state index contributed by atoms with van der Waals surface area (Å²) in [6.45, 7) is 2.97. The van der Waals surface area contributed by atoms with E-state index in [1.54, 1.807) is 43.5 Å². The monoisotopic (exact) mass is 390 g/mol. The van der Waals surface area contributed by atoms with Crippen molar-refractivity contribution in [1.29, 1.82) is 0 Å². The minimum atomic E-state index is -0.304. The third-order valence-electron chi connectivity index (χ3n) is 3.95. The average molecular weight is 391 g/mol. The summed E-state index contributed by atoms with van der Waals surface area (Å²) in [6, 6.07) is 9.85. The predicted octanol–water partition coefficient (Wildman–Crippen LogP) is 3.68.